The first kappa shape index (κ1) is 21.2. The van der Waals surface area contributed by atoms with E-state index in [9.17, 15) is 14.4 Å². The molecule has 2 saturated heterocycles. The van der Waals surface area contributed by atoms with Crippen molar-refractivity contribution in [2.75, 3.05) is 19.8 Å². The fourth-order valence-corrected chi connectivity index (χ4v) is 3.30. The van der Waals surface area contributed by atoms with Crippen molar-refractivity contribution in [1.29, 1.82) is 5.41 Å². The van der Waals surface area contributed by atoms with Gasteiger partial charge in [0.15, 0.2) is 0 Å². The maximum atomic E-state index is 12.5. The molecule has 3 amide bonds. The molecule has 0 radical (unpaired) electrons. The highest BCUT2D eigenvalue weighted by Crippen LogP contribution is 2.31. The third-order valence-corrected chi connectivity index (χ3v) is 4.85. The third-order valence-electron chi connectivity index (χ3n) is 4.64. The molecule has 2 fully saturated rings. The zero-order chi connectivity index (χ0) is 20.2. The lowest BCUT2D eigenvalue weighted by atomic mass is 9.97. The summed E-state index contributed by atoms with van der Waals surface area (Å²) in [5.74, 6) is -0.415. The summed E-state index contributed by atoms with van der Waals surface area (Å²) in [6.07, 6.45) is 0.930. The van der Waals surface area contributed by atoms with E-state index in [0.717, 1.165) is 12.8 Å². The molecular formula is C17H25ClN4O5. The molecule has 10 heteroatoms. The van der Waals surface area contributed by atoms with Gasteiger partial charge in [-0.1, -0.05) is 0 Å². The fourth-order valence-electron chi connectivity index (χ4n) is 3.03. The van der Waals surface area contributed by atoms with Crippen LogP contribution in [0.25, 0.3) is 0 Å². The van der Waals surface area contributed by atoms with Crippen LogP contribution in [0.1, 0.15) is 40.0 Å². The summed E-state index contributed by atoms with van der Waals surface area (Å²) >= 11 is 5.64. The van der Waals surface area contributed by atoms with Gasteiger partial charge in [-0.25, -0.2) is 4.79 Å². The van der Waals surface area contributed by atoms with Gasteiger partial charge in [0.2, 0.25) is 0 Å². The zero-order valence-corrected chi connectivity index (χ0v) is 16.4. The molecule has 27 heavy (non-hydrogen) atoms. The van der Waals surface area contributed by atoms with Crippen LogP contribution in [-0.4, -0.2) is 59.4 Å². The van der Waals surface area contributed by atoms with Gasteiger partial charge in [0.05, 0.1) is 24.4 Å². The highest BCUT2D eigenvalue weighted by Gasteiger charge is 2.44. The molecule has 150 valence electrons. The molecule has 1 unspecified atom stereocenters. The Labute approximate surface area is 162 Å². The molecule has 1 atom stereocenters. The Hall–Kier alpha value is -2.13. The van der Waals surface area contributed by atoms with Crippen molar-refractivity contribution in [2.24, 2.45) is 0 Å². The van der Waals surface area contributed by atoms with Crippen LogP contribution in [-0.2, 0) is 14.3 Å². The van der Waals surface area contributed by atoms with E-state index in [0.29, 0.717) is 13.0 Å². The van der Waals surface area contributed by atoms with Crippen LogP contribution in [0.2, 0.25) is 0 Å². The summed E-state index contributed by atoms with van der Waals surface area (Å²) in [7, 11) is 0. The topological polar surface area (TPSA) is 121 Å². The Bertz CT molecular complexity index is 670. The van der Waals surface area contributed by atoms with Crippen molar-refractivity contribution in [3.8, 4) is 0 Å². The first-order valence-corrected chi connectivity index (χ1v) is 9.22. The molecule has 9 nitrogen and oxygen atoms in total. The minimum Gasteiger partial charge on any atom is -0.450 e. The van der Waals surface area contributed by atoms with E-state index in [1.54, 1.807) is 20.8 Å². The number of likely N-dealkylation sites (tertiary alicyclic amines) is 1. The normalized spacial score (nSPS) is 23.6. The second-order valence-electron chi connectivity index (χ2n) is 6.82. The van der Waals surface area contributed by atoms with Crippen LogP contribution in [0, 0.1) is 5.41 Å². The van der Waals surface area contributed by atoms with Gasteiger partial charge in [-0.3, -0.25) is 14.9 Å². The third kappa shape index (κ3) is 4.78. The van der Waals surface area contributed by atoms with Crippen molar-refractivity contribution in [2.45, 2.75) is 51.7 Å². The Morgan fingerprint density at radius 2 is 2.04 bits per heavy atom. The number of rotatable bonds is 4. The second kappa shape index (κ2) is 8.71. The molecule has 2 aliphatic rings. The molecule has 0 aromatic rings. The summed E-state index contributed by atoms with van der Waals surface area (Å²) in [6.45, 7) is 5.58. The molecule has 0 spiro atoms. The Kier molecular flexibility index (Phi) is 6.83. The molecule has 0 bridgehead atoms. The van der Waals surface area contributed by atoms with Crippen molar-refractivity contribution >= 4 is 34.7 Å². The summed E-state index contributed by atoms with van der Waals surface area (Å²) in [5.41, 5.74) is -0.638. The van der Waals surface area contributed by atoms with E-state index in [1.807, 2.05) is 0 Å². The van der Waals surface area contributed by atoms with Gasteiger partial charge in [0, 0.05) is 12.2 Å². The van der Waals surface area contributed by atoms with E-state index in [-0.39, 0.29) is 30.3 Å². The van der Waals surface area contributed by atoms with E-state index < -0.39 is 29.0 Å². The van der Waals surface area contributed by atoms with Crippen molar-refractivity contribution in [3.05, 3.63) is 11.4 Å². The number of alkyl carbamates (subject to hydrolysis) is 1. The van der Waals surface area contributed by atoms with Crippen LogP contribution < -0.4 is 10.6 Å². The standard InChI is InChI=1S/C17H25ClN4O5/c1-4-26-16(25)21-13(20-14(23)11-7-5-6-8-27-11)10-9-22(15(18)24)17(2,3)12(10)19/h11,19H,4-9H2,1-3H3,(H,20,23)(H,21,25)/b13-10-,19-12?. The molecule has 0 aromatic heterocycles. The summed E-state index contributed by atoms with van der Waals surface area (Å²) in [5, 5.41) is 12.8. The van der Waals surface area contributed by atoms with Crippen LogP contribution in [0.3, 0.4) is 0 Å². The van der Waals surface area contributed by atoms with E-state index >= 15 is 0 Å². The number of hydrogen-bond donors (Lipinski definition) is 3. The molecule has 2 rings (SSSR count). The van der Waals surface area contributed by atoms with Crippen LogP contribution in [0.5, 0.6) is 0 Å². The highest BCUT2D eigenvalue weighted by molar-refractivity contribution is 6.63. The molecule has 3 N–H and O–H groups in total. The zero-order valence-electron chi connectivity index (χ0n) is 15.7. The average molecular weight is 401 g/mol. The maximum absolute atomic E-state index is 12.5. The van der Waals surface area contributed by atoms with Crippen LogP contribution >= 0.6 is 11.6 Å². The number of nitrogens with one attached hydrogen (secondary N) is 3. The minimum atomic E-state index is -0.984. The second-order valence-corrected chi connectivity index (χ2v) is 7.14. The van der Waals surface area contributed by atoms with Gasteiger partial charge in [-0.2, -0.15) is 0 Å². The first-order valence-electron chi connectivity index (χ1n) is 8.84. The van der Waals surface area contributed by atoms with E-state index in [2.05, 4.69) is 10.6 Å². The SMILES string of the molecule is CCOC(=O)N/C(NC(=O)C1CCCCO1)=C1/CN(C(=O)Cl)C(C)(C)C1=N. The number of carbonyl (C=O) groups excluding carboxylic acids is 3. The van der Waals surface area contributed by atoms with Gasteiger partial charge < -0.3 is 25.1 Å². The Morgan fingerprint density at radius 3 is 2.56 bits per heavy atom. The molecule has 0 aliphatic carbocycles. The van der Waals surface area contributed by atoms with Crippen molar-refractivity contribution in [3.63, 3.8) is 0 Å². The summed E-state index contributed by atoms with van der Waals surface area (Å²) in [6, 6.07) is 0. The number of hydrogen-bond acceptors (Lipinski definition) is 6. The first-order chi connectivity index (χ1) is 12.7. The molecule has 0 aromatic carbocycles. The van der Waals surface area contributed by atoms with Gasteiger partial charge in [0.25, 0.3) is 5.91 Å². The number of ether oxygens (including phenoxy) is 2. The Morgan fingerprint density at radius 1 is 1.33 bits per heavy atom. The summed E-state index contributed by atoms with van der Waals surface area (Å²) in [4.78, 5) is 37.5. The number of amides is 3. The van der Waals surface area contributed by atoms with Crippen molar-refractivity contribution < 1.29 is 23.9 Å². The predicted octanol–water partition coefficient (Wildman–Crippen LogP) is 2.10. The predicted molar refractivity (Wildman–Crippen MR) is 98.7 cm³/mol. The molecular weight excluding hydrogens is 376 g/mol. The number of carbonyl (C=O) groups is 3. The molecule has 0 saturated carbocycles. The highest BCUT2D eigenvalue weighted by atomic mass is 35.5. The van der Waals surface area contributed by atoms with Gasteiger partial charge >= 0.3 is 11.5 Å². The van der Waals surface area contributed by atoms with E-state index in [4.69, 9.17) is 26.5 Å². The fraction of sp³-hybridized carbons (Fsp3) is 0.647. The monoisotopic (exact) mass is 400 g/mol. The lowest BCUT2D eigenvalue weighted by molar-refractivity contribution is -0.134. The van der Waals surface area contributed by atoms with Gasteiger partial charge in [-0.05, 0) is 51.6 Å². The average Bonchev–Trinajstić information content (AvgIpc) is 2.85. The minimum absolute atomic E-state index is 0.00566. The van der Waals surface area contributed by atoms with Crippen LogP contribution in [0.4, 0.5) is 9.59 Å². The quantitative estimate of drug-likeness (QED) is 0.493. The van der Waals surface area contributed by atoms with Crippen molar-refractivity contribution in [1.82, 2.24) is 15.5 Å². The summed E-state index contributed by atoms with van der Waals surface area (Å²) < 4.78 is 10.3. The number of nitrogens with zero attached hydrogens (tertiary/aromatic N) is 1. The molecule has 2 heterocycles. The Balaban J connectivity index is 2.32. The maximum Gasteiger partial charge on any atom is 0.412 e. The number of halogens is 1. The lowest BCUT2D eigenvalue weighted by Crippen LogP contribution is -2.44. The molecule has 2 aliphatic heterocycles. The van der Waals surface area contributed by atoms with Gasteiger partial charge in [-0.15, -0.1) is 0 Å². The van der Waals surface area contributed by atoms with Crippen LogP contribution in [0.15, 0.2) is 11.4 Å². The largest absolute Gasteiger partial charge is 0.450 e. The lowest BCUT2D eigenvalue weighted by Gasteiger charge is -2.28. The van der Waals surface area contributed by atoms with Gasteiger partial charge in [0.1, 0.15) is 11.9 Å². The smallest absolute Gasteiger partial charge is 0.412 e. The van der Waals surface area contributed by atoms with E-state index in [1.165, 1.54) is 4.90 Å².